The normalized spacial score (nSPS) is 10.7. The van der Waals surface area contributed by atoms with Crippen LogP contribution in [0.2, 0.25) is 0 Å². The molecule has 0 bridgehead atoms. The van der Waals surface area contributed by atoms with Crippen LogP contribution in [0.25, 0.3) is 6.08 Å². The number of H-pyrrole nitrogens is 1. The molecule has 7 nitrogen and oxygen atoms in total. The Kier molecular flexibility index (Phi) is 5.89. The maximum Gasteiger partial charge on any atom is 0.353 e. The van der Waals surface area contributed by atoms with Gasteiger partial charge in [0.2, 0.25) is 5.91 Å². The summed E-state index contributed by atoms with van der Waals surface area (Å²) in [7, 11) is 0. The fourth-order valence-corrected chi connectivity index (χ4v) is 2.68. The quantitative estimate of drug-likeness (QED) is 0.437. The van der Waals surface area contributed by atoms with E-state index in [2.05, 4.69) is 10.3 Å². The van der Waals surface area contributed by atoms with E-state index < -0.39 is 17.8 Å². The molecule has 0 saturated carbocycles. The van der Waals surface area contributed by atoms with Crippen molar-refractivity contribution in [2.24, 2.45) is 0 Å². The summed E-state index contributed by atoms with van der Waals surface area (Å²) < 4.78 is 5.43. The fraction of sp³-hybridized carbons (Fsp3) is 0.0455. The van der Waals surface area contributed by atoms with Gasteiger partial charge in [0.05, 0.1) is 16.8 Å². The van der Waals surface area contributed by atoms with Crippen LogP contribution >= 0.6 is 0 Å². The van der Waals surface area contributed by atoms with Crippen molar-refractivity contribution in [2.45, 2.75) is 6.92 Å². The van der Waals surface area contributed by atoms with Gasteiger partial charge in [-0.25, -0.2) is 9.59 Å². The molecule has 1 heterocycles. The smallest absolute Gasteiger partial charge is 0.353 e. The molecule has 1 aromatic heterocycles. The highest BCUT2D eigenvalue weighted by Gasteiger charge is 2.22. The number of aromatic carboxylic acids is 1. The first-order valence-electron chi connectivity index (χ1n) is 8.73. The van der Waals surface area contributed by atoms with Gasteiger partial charge in [0.1, 0.15) is 5.69 Å². The van der Waals surface area contributed by atoms with Gasteiger partial charge in [0, 0.05) is 11.8 Å². The maximum absolute atomic E-state index is 12.4. The van der Waals surface area contributed by atoms with Crippen LogP contribution in [0.3, 0.4) is 0 Å². The second kappa shape index (κ2) is 8.71. The topological polar surface area (TPSA) is 108 Å². The van der Waals surface area contributed by atoms with E-state index in [1.54, 1.807) is 61.5 Å². The monoisotopic (exact) mass is 390 g/mol. The Bertz CT molecular complexity index is 1070. The molecule has 0 unspecified atom stereocenters. The van der Waals surface area contributed by atoms with Gasteiger partial charge in [0.25, 0.3) is 0 Å². The second-order valence-corrected chi connectivity index (χ2v) is 6.12. The number of carboxylic acids is 1. The first-order chi connectivity index (χ1) is 14.0. The van der Waals surface area contributed by atoms with E-state index in [-0.39, 0.29) is 17.0 Å². The number of anilines is 1. The number of para-hydroxylation sites is 1. The first kappa shape index (κ1) is 19.6. The number of amides is 1. The third-order valence-electron chi connectivity index (χ3n) is 4.03. The molecule has 2 aromatic carbocycles. The van der Waals surface area contributed by atoms with Crippen LogP contribution in [0.15, 0.2) is 66.7 Å². The third-order valence-corrected chi connectivity index (χ3v) is 4.03. The summed E-state index contributed by atoms with van der Waals surface area (Å²) in [5.74, 6) is -2.27. The van der Waals surface area contributed by atoms with Gasteiger partial charge in [-0.15, -0.1) is 0 Å². The van der Waals surface area contributed by atoms with Crippen LogP contribution in [-0.4, -0.2) is 27.9 Å². The number of aromatic nitrogens is 1. The number of carboxylic acid groups (broad SMARTS) is 1. The van der Waals surface area contributed by atoms with Crippen LogP contribution in [0, 0.1) is 6.92 Å². The summed E-state index contributed by atoms with van der Waals surface area (Å²) in [4.78, 5) is 38.8. The minimum atomic E-state index is -1.24. The fourth-order valence-electron chi connectivity index (χ4n) is 2.68. The lowest BCUT2D eigenvalue weighted by Crippen LogP contribution is -2.10. The largest absolute Gasteiger partial charge is 0.477 e. The molecular formula is C22H18N2O5. The van der Waals surface area contributed by atoms with Crippen molar-refractivity contribution in [3.63, 3.8) is 0 Å². The van der Waals surface area contributed by atoms with E-state index in [0.717, 1.165) is 0 Å². The number of aryl methyl sites for hydroxylation is 1. The van der Waals surface area contributed by atoms with E-state index >= 15 is 0 Å². The molecule has 0 atom stereocenters. The van der Waals surface area contributed by atoms with Crippen molar-refractivity contribution in [3.8, 4) is 5.75 Å². The lowest BCUT2D eigenvalue weighted by atomic mass is 10.2. The molecule has 1 amide bonds. The van der Waals surface area contributed by atoms with Crippen molar-refractivity contribution in [3.05, 3.63) is 89.3 Å². The molecule has 3 N–H and O–H groups in total. The zero-order chi connectivity index (χ0) is 20.8. The predicted octanol–water partition coefficient (Wildman–Crippen LogP) is 3.89. The van der Waals surface area contributed by atoms with E-state index in [1.807, 2.05) is 6.07 Å². The van der Waals surface area contributed by atoms with Crippen LogP contribution in [0.1, 0.15) is 32.1 Å². The third kappa shape index (κ3) is 4.78. The van der Waals surface area contributed by atoms with Crippen LogP contribution < -0.4 is 10.1 Å². The molecular weight excluding hydrogens is 372 g/mol. The van der Waals surface area contributed by atoms with E-state index in [9.17, 15) is 19.5 Å². The van der Waals surface area contributed by atoms with E-state index in [1.165, 1.54) is 12.2 Å². The zero-order valence-corrected chi connectivity index (χ0v) is 15.5. The Morgan fingerprint density at radius 2 is 1.62 bits per heavy atom. The van der Waals surface area contributed by atoms with Gasteiger partial charge in [-0.1, -0.05) is 36.4 Å². The number of carbonyl (C=O) groups is 3. The highest BCUT2D eigenvalue weighted by Crippen LogP contribution is 2.29. The minimum Gasteiger partial charge on any atom is -0.477 e. The SMILES string of the molecule is Cc1[nH]c(C(=O)O)c(/C=C/C(=O)Nc2ccccc2)c1OC(=O)c1ccccc1. The number of hydrogen-bond acceptors (Lipinski definition) is 4. The van der Waals surface area contributed by atoms with Crippen molar-refractivity contribution < 1.29 is 24.2 Å². The Balaban J connectivity index is 1.87. The Hall–Kier alpha value is -4.13. The average molecular weight is 390 g/mol. The molecule has 0 radical (unpaired) electrons. The van der Waals surface area contributed by atoms with Crippen molar-refractivity contribution in [1.82, 2.24) is 4.98 Å². The van der Waals surface area contributed by atoms with E-state index in [4.69, 9.17) is 4.74 Å². The van der Waals surface area contributed by atoms with Gasteiger partial charge in [-0.3, -0.25) is 4.79 Å². The summed E-state index contributed by atoms with van der Waals surface area (Å²) in [6, 6.07) is 17.1. The van der Waals surface area contributed by atoms with Gasteiger partial charge >= 0.3 is 11.9 Å². The van der Waals surface area contributed by atoms with Crippen LogP contribution in [0.5, 0.6) is 5.75 Å². The summed E-state index contributed by atoms with van der Waals surface area (Å²) in [5.41, 5.74) is 1.20. The number of ether oxygens (including phenoxy) is 1. The van der Waals surface area contributed by atoms with Gasteiger partial charge in [-0.2, -0.15) is 0 Å². The number of aromatic amines is 1. The van der Waals surface area contributed by atoms with Crippen LogP contribution in [-0.2, 0) is 4.79 Å². The van der Waals surface area contributed by atoms with Crippen LogP contribution in [0.4, 0.5) is 5.69 Å². The lowest BCUT2D eigenvalue weighted by molar-refractivity contribution is -0.111. The Morgan fingerprint density at radius 3 is 2.24 bits per heavy atom. The summed E-state index contributed by atoms with van der Waals surface area (Å²) in [6.07, 6.45) is 2.49. The first-order valence-corrected chi connectivity index (χ1v) is 8.73. The average Bonchev–Trinajstić information content (AvgIpc) is 3.03. The molecule has 0 aliphatic rings. The number of benzene rings is 2. The molecule has 3 rings (SSSR count). The predicted molar refractivity (Wildman–Crippen MR) is 108 cm³/mol. The number of rotatable bonds is 6. The molecule has 29 heavy (non-hydrogen) atoms. The molecule has 146 valence electrons. The summed E-state index contributed by atoms with van der Waals surface area (Å²) in [6.45, 7) is 1.58. The number of hydrogen-bond donors (Lipinski definition) is 3. The van der Waals surface area contributed by atoms with Gasteiger partial charge in [0.15, 0.2) is 5.75 Å². The van der Waals surface area contributed by atoms with Gasteiger partial charge < -0.3 is 20.1 Å². The number of carbonyl (C=O) groups excluding carboxylic acids is 2. The Labute approximate surface area is 166 Å². The molecule has 0 spiro atoms. The Morgan fingerprint density at radius 1 is 1.00 bits per heavy atom. The molecule has 7 heteroatoms. The molecule has 3 aromatic rings. The molecule has 0 fully saturated rings. The van der Waals surface area contributed by atoms with Crippen molar-refractivity contribution in [1.29, 1.82) is 0 Å². The highest BCUT2D eigenvalue weighted by molar-refractivity contribution is 6.03. The van der Waals surface area contributed by atoms with Crippen molar-refractivity contribution >= 4 is 29.6 Å². The van der Waals surface area contributed by atoms with E-state index in [0.29, 0.717) is 16.9 Å². The molecule has 0 saturated heterocycles. The zero-order valence-electron chi connectivity index (χ0n) is 15.5. The number of esters is 1. The van der Waals surface area contributed by atoms with Crippen molar-refractivity contribution in [2.75, 3.05) is 5.32 Å². The van der Waals surface area contributed by atoms with Gasteiger partial charge in [-0.05, 0) is 37.3 Å². The maximum atomic E-state index is 12.4. The summed E-state index contributed by atoms with van der Waals surface area (Å²) in [5, 5.41) is 12.1. The highest BCUT2D eigenvalue weighted by atomic mass is 16.5. The standard InChI is InChI=1S/C22H18N2O5/c1-14-20(29-22(28)15-8-4-2-5-9-15)17(19(23-14)21(26)27)12-13-18(25)24-16-10-6-3-7-11-16/h2-13,23H,1H3,(H,24,25)(H,26,27)/b13-12+. The lowest BCUT2D eigenvalue weighted by Gasteiger charge is -2.06. The number of nitrogens with one attached hydrogen (secondary N) is 2. The minimum absolute atomic E-state index is 0.0556. The molecule has 0 aliphatic carbocycles. The molecule has 0 aliphatic heterocycles. The summed E-state index contributed by atoms with van der Waals surface area (Å²) >= 11 is 0. The second-order valence-electron chi connectivity index (χ2n) is 6.12.